The van der Waals surface area contributed by atoms with Gasteiger partial charge in [-0.15, -0.1) is 0 Å². The predicted octanol–water partition coefficient (Wildman–Crippen LogP) is 3.36. The highest BCUT2D eigenvalue weighted by molar-refractivity contribution is 6.77. The minimum Gasteiger partial charge on any atom is -0.413 e. The topological polar surface area (TPSA) is 209 Å². The van der Waals surface area contributed by atoms with Crippen LogP contribution in [0.5, 0.6) is 0 Å². The summed E-state index contributed by atoms with van der Waals surface area (Å²) >= 11 is 0. The third kappa shape index (κ3) is 6.68. The van der Waals surface area contributed by atoms with Crippen molar-refractivity contribution in [2.75, 3.05) is 12.3 Å². The summed E-state index contributed by atoms with van der Waals surface area (Å²) in [6.45, 7) is 20.7. The monoisotopic (exact) mass is 771 g/mol. The van der Waals surface area contributed by atoms with Gasteiger partial charge in [0.05, 0.1) is 18.6 Å². The zero-order valence-corrected chi connectivity index (χ0v) is 33.5. The molecule has 0 bridgehead atoms. The van der Waals surface area contributed by atoms with Crippen molar-refractivity contribution in [3.8, 4) is 0 Å². The summed E-state index contributed by atoms with van der Waals surface area (Å²) in [5, 5.41) is 11.7. The summed E-state index contributed by atoms with van der Waals surface area (Å²) in [6, 6.07) is 1.27. The van der Waals surface area contributed by atoms with Gasteiger partial charge in [0.2, 0.25) is 0 Å². The first-order valence-electron chi connectivity index (χ1n) is 18.6. The molecule has 0 amide bonds. The Morgan fingerprint density at radius 3 is 2.17 bits per heavy atom. The molecule has 4 saturated heterocycles. The minimum atomic E-state index is -2.28. The number of nitrogens with two attached hydrogens (primary N) is 1. The Labute approximate surface area is 314 Å². The highest BCUT2D eigenvalue weighted by Gasteiger charge is 2.59. The number of nitrogen functional groups attached to an aromatic ring is 1. The molecule has 4 fully saturated rings. The average molecular weight is 772 g/mol. The molecule has 4 aliphatic heterocycles. The molecule has 18 heteroatoms. The maximum Gasteiger partial charge on any atom is 0.331 e. The Morgan fingerprint density at radius 1 is 0.907 bits per heavy atom. The Bertz CT molecular complexity index is 1990. The quantitative estimate of drug-likeness (QED) is 0.239. The van der Waals surface area contributed by atoms with Crippen molar-refractivity contribution in [3.05, 3.63) is 51.3 Å². The van der Waals surface area contributed by atoms with E-state index in [1.54, 1.807) is 18.4 Å². The summed E-state index contributed by atoms with van der Waals surface area (Å²) < 4.78 is 48.1. The number of anilines is 1. The van der Waals surface area contributed by atoms with Gasteiger partial charge in [0.25, 0.3) is 5.56 Å². The number of ether oxygens (including phenoxy) is 6. The van der Waals surface area contributed by atoms with Crippen LogP contribution in [0.1, 0.15) is 87.4 Å². The lowest BCUT2D eigenvalue weighted by molar-refractivity contribution is -0.204. The molecule has 0 saturated carbocycles. The fourth-order valence-electron chi connectivity index (χ4n) is 9.11. The minimum absolute atomic E-state index is 0.180. The van der Waals surface area contributed by atoms with E-state index in [-0.39, 0.29) is 18.1 Å². The first kappa shape index (κ1) is 38.9. The SMILES string of the molecule is CC(C)[Si](OC[C@H]1O[C@@H](n2c(/C=C\[C@H](O)[C@H]3O[C@@H](n4cnc5c(N)ncnc54)[C@@H]4OC(C)(C)O[C@@H]43)cc(=O)[nH]c2=O)[C@@H]2OC(C)(C)O[C@@H]21)(C(C)C)C(C)C. The zero-order valence-electron chi connectivity index (χ0n) is 32.5. The molecule has 296 valence electrons. The van der Waals surface area contributed by atoms with E-state index >= 15 is 0 Å². The third-order valence-electron chi connectivity index (χ3n) is 11.1. The van der Waals surface area contributed by atoms with Crippen LogP contribution in [0.25, 0.3) is 17.2 Å². The molecule has 54 heavy (non-hydrogen) atoms. The van der Waals surface area contributed by atoms with Crippen LogP contribution in [0.4, 0.5) is 5.82 Å². The molecule has 0 unspecified atom stereocenters. The van der Waals surface area contributed by atoms with Crippen molar-refractivity contribution in [1.29, 1.82) is 0 Å². The largest absolute Gasteiger partial charge is 0.413 e. The molecular weight excluding hydrogens is 719 g/mol. The third-order valence-corrected chi connectivity index (χ3v) is 17.2. The molecular formula is C36H53N7O10Si. The van der Waals surface area contributed by atoms with Gasteiger partial charge in [0, 0.05) is 6.07 Å². The van der Waals surface area contributed by atoms with E-state index in [0.717, 1.165) is 0 Å². The van der Waals surface area contributed by atoms with E-state index in [0.29, 0.717) is 27.8 Å². The lowest BCUT2D eigenvalue weighted by Crippen LogP contribution is -2.50. The number of aromatic nitrogens is 6. The van der Waals surface area contributed by atoms with Crippen molar-refractivity contribution < 1.29 is 38.0 Å². The number of aliphatic hydroxyl groups is 1. The van der Waals surface area contributed by atoms with Crippen LogP contribution in [0.15, 0.2) is 34.4 Å². The number of aliphatic hydroxyl groups excluding tert-OH is 1. The van der Waals surface area contributed by atoms with Gasteiger partial charge in [0.15, 0.2) is 43.8 Å². The highest BCUT2D eigenvalue weighted by Crippen LogP contribution is 2.47. The zero-order chi connectivity index (χ0) is 39.1. The van der Waals surface area contributed by atoms with Gasteiger partial charge < -0.3 is 43.7 Å². The van der Waals surface area contributed by atoms with Gasteiger partial charge in [-0.05, 0) is 50.4 Å². The number of nitrogens with zero attached hydrogens (tertiary/aromatic N) is 5. The van der Waals surface area contributed by atoms with Gasteiger partial charge >= 0.3 is 5.69 Å². The van der Waals surface area contributed by atoms with Crippen molar-refractivity contribution in [2.45, 2.75) is 153 Å². The van der Waals surface area contributed by atoms with Gasteiger partial charge in [0.1, 0.15) is 54.6 Å². The lowest BCUT2D eigenvalue weighted by Gasteiger charge is -2.43. The van der Waals surface area contributed by atoms with Crippen LogP contribution in [0, 0.1) is 0 Å². The molecule has 0 spiro atoms. The van der Waals surface area contributed by atoms with Crippen LogP contribution < -0.4 is 17.0 Å². The number of hydrogen-bond donors (Lipinski definition) is 3. The number of aromatic amines is 1. The second-order valence-electron chi connectivity index (χ2n) is 16.5. The number of hydrogen-bond acceptors (Lipinski definition) is 14. The Balaban J connectivity index is 1.18. The first-order chi connectivity index (χ1) is 25.3. The van der Waals surface area contributed by atoms with E-state index in [4.69, 9.17) is 38.6 Å². The fourth-order valence-corrected chi connectivity index (χ4v) is 14.6. The molecule has 7 rings (SSSR count). The Morgan fingerprint density at radius 2 is 1.52 bits per heavy atom. The van der Waals surface area contributed by atoms with Crippen molar-refractivity contribution in [3.63, 3.8) is 0 Å². The number of fused-ring (bicyclic) bond motifs is 3. The normalized spacial score (nSPS) is 31.1. The van der Waals surface area contributed by atoms with E-state index in [9.17, 15) is 14.7 Å². The fraction of sp³-hybridized carbons (Fsp3) is 0.694. The van der Waals surface area contributed by atoms with E-state index in [1.807, 2.05) is 13.8 Å². The molecule has 17 nitrogen and oxygen atoms in total. The van der Waals surface area contributed by atoms with Crippen molar-refractivity contribution >= 4 is 31.4 Å². The van der Waals surface area contributed by atoms with E-state index < -0.39 is 86.3 Å². The molecule has 0 aliphatic carbocycles. The average Bonchev–Trinajstić information content (AvgIpc) is 3.85. The van der Waals surface area contributed by atoms with Gasteiger partial charge in [-0.25, -0.2) is 19.7 Å². The van der Waals surface area contributed by atoms with Crippen LogP contribution >= 0.6 is 0 Å². The van der Waals surface area contributed by atoms with Gasteiger partial charge in [-0.2, -0.15) is 0 Å². The number of imidazole rings is 1. The summed E-state index contributed by atoms with van der Waals surface area (Å²) in [5.74, 6) is -1.73. The smallest absolute Gasteiger partial charge is 0.331 e. The standard InChI is InChI=1S/C36H53N7O10Si/c1-17(2)54(18(3)4,19(5)6)47-14-22-26-28(52-35(7,8)50-26)33(48-22)43-20(13-23(45)41-34(43)46)11-12-21(44)25-27-29(53-36(9,10)51-27)32(49-25)42-16-40-24-30(37)38-15-39-31(24)42/h11-13,15-19,21-22,25-29,32-33,44H,14H2,1-10H3,(H2,37,38,39)(H,41,45,46)/b12-11-/t21-,22+,25+,26+,27+,28+,29+,32+,33+/m0/s1. The van der Waals surface area contributed by atoms with Gasteiger partial charge in [-0.3, -0.25) is 18.9 Å². The first-order valence-corrected chi connectivity index (χ1v) is 20.8. The molecule has 4 aliphatic rings. The molecule has 3 aromatic heterocycles. The predicted molar refractivity (Wildman–Crippen MR) is 199 cm³/mol. The number of nitrogens with one attached hydrogen (secondary N) is 1. The molecule has 3 aromatic rings. The molecule has 0 aromatic carbocycles. The van der Waals surface area contributed by atoms with Gasteiger partial charge in [-0.1, -0.05) is 47.6 Å². The molecule has 4 N–H and O–H groups in total. The maximum atomic E-state index is 13.6. The molecule has 9 atom stereocenters. The van der Waals surface area contributed by atoms with Crippen molar-refractivity contribution in [1.82, 2.24) is 29.1 Å². The van der Waals surface area contributed by atoms with Crippen molar-refractivity contribution in [2.24, 2.45) is 0 Å². The number of rotatable bonds is 11. The highest BCUT2D eigenvalue weighted by atomic mass is 28.4. The summed E-state index contributed by atoms with van der Waals surface area (Å²) in [6.07, 6.45) is -1.30. The Kier molecular flexibility index (Phi) is 10.1. The van der Waals surface area contributed by atoms with E-state index in [1.165, 1.54) is 35.4 Å². The summed E-state index contributed by atoms with van der Waals surface area (Å²) in [4.78, 5) is 41.5. The summed E-state index contributed by atoms with van der Waals surface area (Å²) in [7, 11) is -2.28. The van der Waals surface area contributed by atoms with Crippen LogP contribution in [-0.2, 0) is 32.8 Å². The molecule has 7 heterocycles. The maximum absolute atomic E-state index is 13.6. The second-order valence-corrected chi connectivity index (χ2v) is 21.9. The van der Waals surface area contributed by atoms with E-state index in [2.05, 4.69) is 61.5 Å². The van der Waals surface area contributed by atoms with Crippen LogP contribution in [-0.4, -0.2) is 103 Å². The number of H-pyrrole nitrogens is 1. The van der Waals surface area contributed by atoms with Crippen LogP contribution in [0.3, 0.4) is 0 Å². The lowest BCUT2D eigenvalue weighted by atomic mass is 10.0. The molecule has 0 radical (unpaired) electrons. The second kappa shape index (κ2) is 14.0. The summed E-state index contributed by atoms with van der Waals surface area (Å²) in [5.41, 5.74) is 6.77. The Hall–Kier alpha value is -3.33. The van der Waals surface area contributed by atoms with Crippen LogP contribution in [0.2, 0.25) is 16.6 Å².